The van der Waals surface area contributed by atoms with Gasteiger partial charge in [-0.05, 0) is 54.7 Å². The van der Waals surface area contributed by atoms with Gasteiger partial charge in [0.2, 0.25) is 0 Å². The van der Waals surface area contributed by atoms with Crippen molar-refractivity contribution in [3.63, 3.8) is 0 Å². The van der Waals surface area contributed by atoms with E-state index in [0.29, 0.717) is 5.92 Å². The van der Waals surface area contributed by atoms with Gasteiger partial charge in [-0.15, -0.1) is 0 Å². The first kappa shape index (κ1) is 17.4. The van der Waals surface area contributed by atoms with Gasteiger partial charge in [-0.2, -0.15) is 0 Å². The van der Waals surface area contributed by atoms with E-state index in [1.54, 1.807) is 0 Å². The third kappa shape index (κ3) is 2.15. The maximum atomic E-state index is 2.62. The van der Waals surface area contributed by atoms with Crippen LogP contribution < -0.4 is 9.80 Å². The third-order valence-corrected chi connectivity index (χ3v) is 7.28. The monoisotopic (exact) mass is 368 g/mol. The molecule has 2 heterocycles. The zero-order valence-electron chi connectivity index (χ0n) is 17.0. The van der Waals surface area contributed by atoms with Crippen LogP contribution in [0.1, 0.15) is 45.1 Å². The Bertz CT molecular complexity index is 990. The van der Waals surface area contributed by atoms with Crippen LogP contribution in [0.15, 0.2) is 78.9 Å². The number of hydrogen-bond acceptors (Lipinski definition) is 2. The molecular formula is C26H28N2. The summed E-state index contributed by atoms with van der Waals surface area (Å²) in [4.78, 5) is 5.21. The Labute approximate surface area is 168 Å². The van der Waals surface area contributed by atoms with Gasteiger partial charge in [0, 0.05) is 16.8 Å². The van der Waals surface area contributed by atoms with Crippen molar-refractivity contribution >= 4 is 22.7 Å². The molecule has 0 N–H and O–H groups in total. The average molecular weight is 369 g/mol. The van der Waals surface area contributed by atoms with Crippen LogP contribution >= 0.6 is 0 Å². The van der Waals surface area contributed by atoms with Crippen LogP contribution in [0.2, 0.25) is 0 Å². The van der Waals surface area contributed by atoms with Gasteiger partial charge in [-0.1, -0.05) is 69.3 Å². The molecule has 2 aliphatic rings. The maximum absolute atomic E-state index is 2.62. The molecule has 2 heteroatoms. The minimum Gasteiger partial charge on any atom is -0.318 e. The number of anilines is 4. The third-order valence-electron chi connectivity index (χ3n) is 7.28. The van der Waals surface area contributed by atoms with Crippen LogP contribution in [0.3, 0.4) is 0 Å². The highest BCUT2D eigenvalue weighted by atomic mass is 15.4. The first-order valence-corrected chi connectivity index (χ1v) is 10.5. The van der Waals surface area contributed by atoms with Crippen molar-refractivity contribution in [1.82, 2.24) is 0 Å². The molecule has 2 nitrogen and oxygen atoms in total. The van der Waals surface area contributed by atoms with Crippen molar-refractivity contribution in [3.8, 4) is 0 Å². The van der Waals surface area contributed by atoms with Crippen molar-refractivity contribution in [2.45, 2.75) is 45.7 Å². The predicted molar refractivity (Wildman–Crippen MR) is 119 cm³/mol. The van der Waals surface area contributed by atoms with Gasteiger partial charge in [0.15, 0.2) is 0 Å². The lowest BCUT2D eigenvalue weighted by Crippen LogP contribution is -2.56. The molecule has 0 aliphatic carbocycles. The van der Waals surface area contributed by atoms with Gasteiger partial charge >= 0.3 is 0 Å². The molecule has 3 aromatic rings. The van der Waals surface area contributed by atoms with Gasteiger partial charge < -0.3 is 9.80 Å². The fourth-order valence-electron chi connectivity index (χ4n) is 5.73. The second-order valence-electron chi connectivity index (χ2n) is 8.16. The van der Waals surface area contributed by atoms with Crippen LogP contribution in [-0.4, -0.2) is 6.17 Å². The second-order valence-corrected chi connectivity index (χ2v) is 8.16. The van der Waals surface area contributed by atoms with E-state index in [9.17, 15) is 0 Å². The first-order chi connectivity index (χ1) is 13.7. The molecule has 5 rings (SSSR count). The summed E-state index contributed by atoms with van der Waals surface area (Å²) < 4.78 is 0. The molecule has 2 atom stereocenters. The highest BCUT2D eigenvalue weighted by molar-refractivity contribution is 5.90. The molecule has 3 aromatic carbocycles. The van der Waals surface area contributed by atoms with E-state index in [0.717, 1.165) is 12.8 Å². The van der Waals surface area contributed by atoms with Gasteiger partial charge in [-0.25, -0.2) is 0 Å². The van der Waals surface area contributed by atoms with E-state index >= 15 is 0 Å². The lowest BCUT2D eigenvalue weighted by Gasteiger charge is -2.54. The number of rotatable bonds is 3. The molecule has 142 valence electrons. The maximum Gasteiger partial charge on any atom is 0.117 e. The van der Waals surface area contributed by atoms with Crippen LogP contribution in [-0.2, 0) is 0 Å². The summed E-state index contributed by atoms with van der Waals surface area (Å²) >= 11 is 0. The molecule has 0 saturated heterocycles. The van der Waals surface area contributed by atoms with E-state index in [-0.39, 0.29) is 11.6 Å². The SMILES string of the molecule is CCC1(CC)C(C)c2ccccc2N2c3ccccc3N(c3ccccc3)C21. The van der Waals surface area contributed by atoms with Gasteiger partial charge in [0.05, 0.1) is 11.4 Å². The van der Waals surface area contributed by atoms with E-state index in [1.165, 1.54) is 28.3 Å². The lowest BCUT2D eigenvalue weighted by molar-refractivity contribution is 0.157. The molecule has 2 unspecified atom stereocenters. The molecule has 0 spiro atoms. The van der Waals surface area contributed by atoms with Crippen molar-refractivity contribution in [3.05, 3.63) is 84.4 Å². The quantitative estimate of drug-likeness (QED) is 0.481. The Morgan fingerprint density at radius 2 is 1.21 bits per heavy atom. The zero-order valence-corrected chi connectivity index (χ0v) is 17.0. The summed E-state index contributed by atoms with van der Waals surface area (Å²) in [6.07, 6.45) is 2.59. The van der Waals surface area contributed by atoms with Crippen LogP contribution in [0, 0.1) is 5.41 Å². The molecule has 28 heavy (non-hydrogen) atoms. The van der Waals surface area contributed by atoms with Gasteiger partial charge in [0.25, 0.3) is 0 Å². The molecule has 0 radical (unpaired) electrons. The Kier molecular flexibility index (Phi) is 3.97. The van der Waals surface area contributed by atoms with Gasteiger partial charge in [0.1, 0.15) is 6.17 Å². The second kappa shape index (κ2) is 6.41. The van der Waals surface area contributed by atoms with Crippen molar-refractivity contribution < 1.29 is 0 Å². The Hall–Kier alpha value is -2.74. The Morgan fingerprint density at radius 3 is 1.86 bits per heavy atom. The zero-order chi connectivity index (χ0) is 19.3. The van der Waals surface area contributed by atoms with Crippen LogP contribution in [0.5, 0.6) is 0 Å². The van der Waals surface area contributed by atoms with E-state index in [4.69, 9.17) is 0 Å². The largest absolute Gasteiger partial charge is 0.318 e. The summed E-state index contributed by atoms with van der Waals surface area (Å²) in [6.45, 7) is 7.19. The summed E-state index contributed by atoms with van der Waals surface area (Å²) in [5.41, 5.74) is 6.93. The summed E-state index contributed by atoms with van der Waals surface area (Å²) in [5.74, 6) is 0.500. The minimum atomic E-state index is 0.170. The van der Waals surface area contributed by atoms with Gasteiger partial charge in [-0.3, -0.25) is 0 Å². The van der Waals surface area contributed by atoms with Crippen LogP contribution in [0.4, 0.5) is 22.7 Å². The van der Waals surface area contributed by atoms with E-state index in [2.05, 4.69) is 109 Å². The smallest absolute Gasteiger partial charge is 0.117 e. The lowest BCUT2D eigenvalue weighted by atomic mass is 9.64. The predicted octanol–water partition coefficient (Wildman–Crippen LogP) is 7.23. The van der Waals surface area contributed by atoms with Crippen molar-refractivity contribution in [1.29, 1.82) is 0 Å². The number of hydrogen-bond donors (Lipinski definition) is 0. The Morgan fingerprint density at radius 1 is 0.679 bits per heavy atom. The number of fused-ring (bicyclic) bond motifs is 5. The van der Waals surface area contributed by atoms with E-state index < -0.39 is 0 Å². The number of benzene rings is 3. The molecule has 0 amide bonds. The minimum absolute atomic E-state index is 0.170. The first-order valence-electron chi connectivity index (χ1n) is 10.5. The van der Waals surface area contributed by atoms with E-state index in [1.807, 2.05) is 0 Å². The van der Waals surface area contributed by atoms with Crippen molar-refractivity contribution in [2.75, 3.05) is 9.80 Å². The van der Waals surface area contributed by atoms with Crippen LogP contribution in [0.25, 0.3) is 0 Å². The topological polar surface area (TPSA) is 6.48 Å². The summed E-state index contributed by atoms with van der Waals surface area (Å²) in [5, 5.41) is 0. The number of para-hydroxylation sites is 4. The fourth-order valence-corrected chi connectivity index (χ4v) is 5.73. The molecule has 0 fully saturated rings. The summed E-state index contributed by atoms with van der Waals surface area (Å²) in [6, 6.07) is 28.8. The molecule has 0 saturated carbocycles. The van der Waals surface area contributed by atoms with Crippen molar-refractivity contribution in [2.24, 2.45) is 5.41 Å². The summed E-state index contributed by atoms with van der Waals surface area (Å²) in [7, 11) is 0. The average Bonchev–Trinajstić information content (AvgIpc) is 3.11. The number of nitrogens with zero attached hydrogens (tertiary/aromatic N) is 2. The fraction of sp³-hybridized carbons (Fsp3) is 0.308. The highest BCUT2D eigenvalue weighted by Crippen LogP contribution is 2.62. The molecule has 0 bridgehead atoms. The molecule has 2 aliphatic heterocycles. The Balaban J connectivity index is 1.84. The standard InChI is InChI=1S/C26H28N2/c1-4-26(5-2)19(3)21-15-9-10-16-22(21)28-24-18-12-11-17-23(24)27(25(26)28)20-13-7-6-8-14-20/h6-19,25H,4-5H2,1-3H3. The molecule has 0 aromatic heterocycles. The normalized spacial score (nSPS) is 21.8. The molecular weight excluding hydrogens is 340 g/mol. The highest BCUT2D eigenvalue weighted by Gasteiger charge is 2.55.